The van der Waals surface area contributed by atoms with Crippen molar-refractivity contribution in [1.29, 1.82) is 0 Å². The molecule has 5 rings (SSSR count). The molecule has 6 nitrogen and oxygen atoms in total. The van der Waals surface area contributed by atoms with Gasteiger partial charge >= 0.3 is 0 Å². The number of aromatic nitrogens is 3. The second kappa shape index (κ2) is 8.88. The lowest BCUT2D eigenvalue weighted by molar-refractivity contribution is 0.187. The maximum absolute atomic E-state index is 6.34. The highest BCUT2D eigenvalue weighted by atomic mass is 35.5. The van der Waals surface area contributed by atoms with Gasteiger partial charge in [0, 0.05) is 32.4 Å². The van der Waals surface area contributed by atoms with Crippen LogP contribution in [0.4, 0.5) is 5.82 Å². The van der Waals surface area contributed by atoms with Gasteiger partial charge in [0.05, 0.1) is 10.6 Å². The Morgan fingerprint density at radius 3 is 2.29 bits per heavy atom. The van der Waals surface area contributed by atoms with E-state index in [1.165, 1.54) is 0 Å². The number of benzene rings is 2. The molecule has 1 unspecified atom stereocenters. The lowest BCUT2D eigenvalue weighted by Gasteiger charge is -2.38. The van der Waals surface area contributed by atoms with Crippen LogP contribution in [0.3, 0.4) is 0 Å². The fourth-order valence-corrected chi connectivity index (χ4v) is 4.20. The van der Waals surface area contributed by atoms with Gasteiger partial charge in [-0.25, -0.2) is 4.98 Å². The minimum absolute atomic E-state index is 0.115. The molecule has 1 saturated heterocycles. The highest BCUT2D eigenvalue weighted by Gasteiger charge is 2.31. The largest absolute Gasteiger partial charge is 0.419 e. The van der Waals surface area contributed by atoms with Gasteiger partial charge in [-0.05, 0) is 29.8 Å². The zero-order chi connectivity index (χ0) is 21.0. The molecule has 1 atom stereocenters. The van der Waals surface area contributed by atoms with Crippen LogP contribution in [0, 0.1) is 0 Å². The van der Waals surface area contributed by atoms with Crippen molar-refractivity contribution in [2.24, 2.45) is 0 Å². The van der Waals surface area contributed by atoms with Gasteiger partial charge in [0.1, 0.15) is 11.9 Å². The van der Waals surface area contributed by atoms with Crippen molar-refractivity contribution in [3.05, 3.63) is 95.5 Å². The van der Waals surface area contributed by atoms with Crippen molar-refractivity contribution in [3.8, 4) is 11.5 Å². The zero-order valence-electron chi connectivity index (χ0n) is 16.9. The molecule has 7 heteroatoms. The Hall–Kier alpha value is -3.22. The summed E-state index contributed by atoms with van der Waals surface area (Å²) < 4.78 is 6.16. The minimum Gasteiger partial charge on any atom is -0.419 e. The maximum Gasteiger partial charge on any atom is 0.249 e. The lowest BCUT2D eigenvalue weighted by atomic mass is 10.0. The first-order chi connectivity index (χ1) is 15.3. The molecule has 0 bridgehead atoms. The molecule has 3 heterocycles. The Bertz CT molecular complexity index is 1130. The summed E-state index contributed by atoms with van der Waals surface area (Å²) in [6.07, 6.45) is 1.84. The van der Waals surface area contributed by atoms with Gasteiger partial charge in [-0.15, -0.1) is 10.2 Å². The van der Waals surface area contributed by atoms with Crippen molar-refractivity contribution in [3.63, 3.8) is 0 Å². The molecule has 1 aliphatic rings. The van der Waals surface area contributed by atoms with E-state index in [2.05, 4.69) is 43.2 Å². The van der Waals surface area contributed by atoms with Gasteiger partial charge in [-0.1, -0.05) is 60.1 Å². The second-order valence-corrected chi connectivity index (χ2v) is 7.86. The monoisotopic (exact) mass is 431 g/mol. The summed E-state index contributed by atoms with van der Waals surface area (Å²) in [5, 5.41) is 9.32. The number of hydrogen-bond donors (Lipinski definition) is 0. The standard InChI is InChI=1S/C24H22ClN5O/c25-20-11-5-4-10-19(20)23-27-28-24(31-23)22(18-8-2-1-3-9-18)30-16-14-29(15-17-30)21-12-6-7-13-26-21/h1-13,22H,14-17H2. The Labute approximate surface area is 186 Å². The molecule has 4 aromatic rings. The van der Waals surface area contributed by atoms with E-state index >= 15 is 0 Å². The number of pyridine rings is 1. The molecule has 0 aliphatic carbocycles. The summed E-state index contributed by atoms with van der Waals surface area (Å²) >= 11 is 6.34. The highest BCUT2D eigenvalue weighted by molar-refractivity contribution is 6.33. The Morgan fingerprint density at radius 1 is 0.806 bits per heavy atom. The molecule has 156 valence electrons. The topological polar surface area (TPSA) is 58.3 Å². The quantitative estimate of drug-likeness (QED) is 0.456. The van der Waals surface area contributed by atoms with Crippen LogP contribution in [-0.2, 0) is 0 Å². The van der Waals surface area contributed by atoms with E-state index in [1.54, 1.807) is 0 Å². The van der Waals surface area contributed by atoms with Crippen LogP contribution in [-0.4, -0.2) is 46.3 Å². The Kier molecular flexibility index (Phi) is 5.65. The molecule has 1 fully saturated rings. The molecular weight excluding hydrogens is 410 g/mol. The zero-order valence-corrected chi connectivity index (χ0v) is 17.7. The van der Waals surface area contributed by atoms with Crippen molar-refractivity contribution in [1.82, 2.24) is 20.1 Å². The number of piperazine rings is 1. The normalized spacial score (nSPS) is 15.7. The smallest absolute Gasteiger partial charge is 0.249 e. The summed E-state index contributed by atoms with van der Waals surface area (Å²) in [4.78, 5) is 9.18. The SMILES string of the molecule is Clc1ccccc1-c1nnc(C(c2ccccc2)N2CCN(c3ccccn3)CC2)o1. The Balaban J connectivity index is 1.42. The van der Waals surface area contributed by atoms with E-state index in [9.17, 15) is 0 Å². The minimum atomic E-state index is -0.115. The van der Waals surface area contributed by atoms with E-state index in [1.807, 2.05) is 60.8 Å². The fourth-order valence-electron chi connectivity index (χ4n) is 3.98. The first kappa shape index (κ1) is 19.7. The van der Waals surface area contributed by atoms with E-state index in [-0.39, 0.29) is 6.04 Å². The molecular formula is C24H22ClN5O. The third-order valence-electron chi connectivity index (χ3n) is 5.55. The molecule has 31 heavy (non-hydrogen) atoms. The van der Waals surface area contributed by atoms with Crippen molar-refractivity contribution in [2.75, 3.05) is 31.1 Å². The summed E-state index contributed by atoms with van der Waals surface area (Å²) in [5.41, 5.74) is 1.87. The van der Waals surface area contributed by atoms with Gasteiger partial charge in [0.25, 0.3) is 0 Å². The van der Waals surface area contributed by atoms with Crippen LogP contribution < -0.4 is 4.90 Å². The predicted octanol–water partition coefficient (Wildman–Crippen LogP) is 4.70. The molecule has 0 saturated carbocycles. The number of hydrogen-bond acceptors (Lipinski definition) is 6. The average Bonchev–Trinajstić information content (AvgIpc) is 3.31. The van der Waals surface area contributed by atoms with Crippen molar-refractivity contribution < 1.29 is 4.42 Å². The van der Waals surface area contributed by atoms with Gasteiger partial charge in [0.15, 0.2) is 0 Å². The van der Waals surface area contributed by atoms with Gasteiger partial charge < -0.3 is 9.32 Å². The van der Waals surface area contributed by atoms with Crippen molar-refractivity contribution in [2.45, 2.75) is 6.04 Å². The fraction of sp³-hybridized carbons (Fsp3) is 0.208. The molecule has 0 N–H and O–H groups in total. The number of nitrogens with zero attached hydrogens (tertiary/aromatic N) is 5. The maximum atomic E-state index is 6.34. The van der Waals surface area contributed by atoms with E-state index < -0.39 is 0 Å². The summed E-state index contributed by atoms with van der Waals surface area (Å²) in [7, 11) is 0. The van der Waals surface area contributed by atoms with Crippen LogP contribution in [0.5, 0.6) is 0 Å². The van der Waals surface area contributed by atoms with Crippen LogP contribution >= 0.6 is 11.6 Å². The number of halogens is 1. The van der Waals surface area contributed by atoms with Gasteiger partial charge in [-0.3, -0.25) is 4.90 Å². The molecule has 2 aromatic carbocycles. The third-order valence-corrected chi connectivity index (χ3v) is 5.88. The average molecular weight is 432 g/mol. The Morgan fingerprint density at radius 2 is 1.55 bits per heavy atom. The van der Waals surface area contributed by atoms with Crippen molar-refractivity contribution >= 4 is 17.4 Å². The molecule has 2 aromatic heterocycles. The summed E-state index contributed by atoms with van der Waals surface area (Å²) in [5.74, 6) is 2.03. The number of anilines is 1. The second-order valence-electron chi connectivity index (χ2n) is 7.45. The van der Waals surface area contributed by atoms with Crippen LogP contribution in [0.1, 0.15) is 17.5 Å². The van der Waals surface area contributed by atoms with E-state index in [0.29, 0.717) is 16.8 Å². The van der Waals surface area contributed by atoms with E-state index in [0.717, 1.165) is 43.1 Å². The number of rotatable bonds is 5. The lowest BCUT2D eigenvalue weighted by Crippen LogP contribution is -2.48. The first-order valence-corrected chi connectivity index (χ1v) is 10.7. The predicted molar refractivity (Wildman–Crippen MR) is 121 cm³/mol. The summed E-state index contributed by atoms with van der Waals surface area (Å²) in [6.45, 7) is 3.48. The highest BCUT2D eigenvalue weighted by Crippen LogP contribution is 2.33. The molecule has 0 spiro atoms. The van der Waals surface area contributed by atoms with Gasteiger partial charge in [0.2, 0.25) is 11.8 Å². The third kappa shape index (κ3) is 4.17. The van der Waals surface area contributed by atoms with E-state index in [4.69, 9.17) is 16.0 Å². The first-order valence-electron chi connectivity index (χ1n) is 10.3. The van der Waals surface area contributed by atoms with Crippen LogP contribution in [0.25, 0.3) is 11.5 Å². The summed E-state index contributed by atoms with van der Waals surface area (Å²) in [6, 6.07) is 23.7. The molecule has 0 amide bonds. The molecule has 0 radical (unpaired) electrons. The van der Waals surface area contributed by atoms with Gasteiger partial charge in [-0.2, -0.15) is 0 Å². The molecule has 1 aliphatic heterocycles. The van der Waals surface area contributed by atoms with Crippen LogP contribution in [0.2, 0.25) is 5.02 Å². The van der Waals surface area contributed by atoms with Crippen LogP contribution in [0.15, 0.2) is 83.4 Å².